The summed E-state index contributed by atoms with van der Waals surface area (Å²) < 4.78 is 32.5. The largest absolute Gasteiger partial charge is 0.383 e. The van der Waals surface area contributed by atoms with Crippen molar-refractivity contribution in [1.29, 1.82) is 0 Å². The summed E-state index contributed by atoms with van der Waals surface area (Å²) in [5, 5.41) is 3.12. The van der Waals surface area contributed by atoms with E-state index >= 15 is 0 Å². The van der Waals surface area contributed by atoms with Crippen LogP contribution in [0.15, 0.2) is 0 Å². The van der Waals surface area contributed by atoms with E-state index in [1.54, 1.807) is 0 Å². The Morgan fingerprint density at radius 3 is 3.00 bits per heavy atom. The third-order valence-electron chi connectivity index (χ3n) is 2.47. The molecular weight excluding hydrogens is 232 g/mol. The number of piperazine rings is 1. The van der Waals surface area contributed by atoms with Crippen molar-refractivity contribution in [3.8, 4) is 0 Å². The Morgan fingerprint density at radius 2 is 2.38 bits per heavy atom. The van der Waals surface area contributed by atoms with Crippen molar-refractivity contribution in [3.05, 3.63) is 0 Å². The summed E-state index contributed by atoms with van der Waals surface area (Å²) in [7, 11) is -1.90. The minimum absolute atomic E-state index is 0.172. The van der Waals surface area contributed by atoms with Crippen molar-refractivity contribution in [2.75, 3.05) is 46.4 Å². The van der Waals surface area contributed by atoms with Gasteiger partial charge in [-0.2, -0.15) is 17.4 Å². The first kappa shape index (κ1) is 13.8. The molecule has 0 aromatic heterocycles. The van der Waals surface area contributed by atoms with Crippen LogP contribution in [0.4, 0.5) is 0 Å². The lowest BCUT2D eigenvalue weighted by molar-refractivity contribution is 0.202. The Kier molecular flexibility index (Phi) is 5.59. The highest BCUT2D eigenvalue weighted by atomic mass is 32.2. The molecule has 1 rings (SSSR count). The van der Waals surface area contributed by atoms with Crippen molar-refractivity contribution in [2.45, 2.75) is 6.04 Å². The van der Waals surface area contributed by atoms with Gasteiger partial charge < -0.3 is 15.8 Å². The minimum Gasteiger partial charge on any atom is -0.383 e. The number of ether oxygens (including phenoxy) is 1. The molecule has 16 heavy (non-hydrogen) atoms. The predicted molar refractivity (Wildman–Crippen MR) is 61.2 cm³/mol. The van der Waals surface area contributed by atoms with Gasteiger partial charge in [0.2, 0.25) is 0 Å². The van der Waals surface area contributed by atoms with E-state index in [2.05, 4.69) is 10.0 Å². The lowest BCUT2D eigenvalue weighted by Gasteiger charge is -2.34. The Bertz CT molecular complexity index is 296. The summed E-state index contributed by atoms with van der Waals surface area (Å²) in [4.78, 5) is 0. The average molecular weight is 252 g/mol. The standard InChI is InChI=1S/C8H20N4O3S/c1-15-5-3-11-16(13,14)12-4-2-10-7-8(12)6-9/h8,10-11H,2-7,9H2,1H3. The van der Waals surface area contributed by atoms with E-state index < -0.39 is 10.2 Å². The molecule has 1 saturated heterocycles. The second-order valence-electron chi connectivity index (χ2n) is 3.60. The molecule has 1 unspecified atom stereocenters. The molecule has 96 valence electrons. The summed E-state index contributed by atoms with van der Waals surface area (Å²) in [5.41, 5.74) is 5.55. The van der Waals surface area contributed by atoms with Gasteiger partial charge in [0.1, 0.15) is 0 Å². The van der Waals surface area contributed by atoms with E-state index in [-0.39, 0.29) is 12.6 Å². The van der Waals surface area contributed by atoms with E-state index in [4.69, 9.17) is 10.5 Å². The van der Waals surface area contributed by atoms with Crippen molar-refractivity contribution in [2.24, 2.45) is 5.73 Å². The molecule has 1 aliphatic heterocycles. The zero-order valence-electron chi connectivity index (χ0n) is 9.48. The Balaban J connectivity index is 2.57. The summed E-state index contributed by atoms with van der Waals surface area (Å²) in [6.45, 7) is 2.66. The van der Waals surface area contributed by atoms with Crippen molar-refractivity contribution in [1.82, 2.24) is 14.3 Å². The van der Waals surface area contributed by atoms with Crippen LogP contribution in [0.5, 0.6) is 0 Å². The summed E-state index contributed by atoms with van der Waals surface area (Å²) in [6.07, 6.45) is 0. The highest BCUT2D eigenvalue weighted by Crippen LogP contribution is 2.06. The Hall–Kier alpha value is -0.250. The molecule has 1 heterocycles. The number of nitrogens with two attached hydrogens (primary N) is 1. The molecule has 4 N–H and O–H groups in total. The maximum atomic E-state index is 11.9. The van der Waals surface area contributed by atoms with Gasteiger partial charge in [-0.15, -0.1) is 0 Å². The molecule has 7 nitrogen and oxygen atoms in total. The van der Waals surface area contributed by atoms with Crippen LogP contribution in [-0.2, 0) is 14.9 Å². The van der Waals surface area contributed by atoms with E-state index in [1.165, 1.54) is 11.4 Å². The van der Waals surface area contributed by atoms with Gasteiger partial charge in [-0.3, -0.25) is 0 Å². The molecule has 0 aliphatic carbocycles. The number of hydrogen-bond acceptors (Lipinski definition) is 5. The van der Waals surface area contributed by atoms with Gasteiger partial charge in [-0.05, 0) is 0 Å². The van der Waals surface area contributed by atoms with Crippen LogP contribution in [-0.4, -0.2) is 65.2 Å². The topological polar surface area (TPSA) is 96.7 Å². The fourth-order valence-corrected chi connectivity index (χ4v) is 3.01. The molecule has 0 spiro atoms. The number of nitrogens with zero attached hydrogens (tertiary/aromatic N) is 1. The van der Waals surface area contributed by atoms with Crippen LogP contribution in [0.25, 0.3) is 0 Å². The first-order valence-electron chi connectivity index (χ1n) is 5.28. The van der Waals surface area contributed by atoms with Gasteiger partial charge in [0.15, 0.2) is 0 Å². The van der Waals surface area contributed by atoms with E-state index in [9.17, 15) is 8.42 Å². The molecule has 0 bridgehead atoms. The van der Waals surface area contributed by atoms with Gasteiger partial charge in [0.25, 0.3) is 10.2 Å². The highest BCUT2D eigenvalue weighted by molar-refractivity contribution is 7.87. The van der Waals surface area contributed by atoms with Gasteiger partial charge in [0.05, 0.1) is 12.6 Å². The van der Waals surface area contributed by atoms with Gasteiger partial charge in [-0.25, -0.2) is 0 Å². The Morgan fingerprint density at radius 1 is 1.62 bits per heavy atom. The van der Waals surface area contributed by atoms with Crippen molar-refractivity contribution < 1.29 is 13.2 Å². The Labute approximate surface area is 96.5 Å². The molecule has 0 saturated carbocycles. The summed E-state index contributed by atoms with van der Waals surface area (Å²) >= 11 is 0. The number of nitrogens with one attached hydrogen (secondary N) is 2. The second kappa shape index (κ2) is 6.48. The first-order chi connectivity index (χ1) is 7.61. The highest BCUT2D eigenvalue weighted by Gasteiger charge is 2.30. The van der Waals surface area contributed by atoms with E-state index in [0.29, 0.717) is 32.8 Å². The third-order valence-corrected chi connectivity index (χ3v) is 4.13. The zero-order chi connectivity index (χ0) is 12.0. The van der Waals surface area contributed by atoms with Crippen LogP contribution >= 0.6 is 0 Å². The monoisotopic (exact) mass is 252 g/mol. The number of rotatable bonds is 6. The van der Waals surface area contributed by atoms with Crippen LogP contribution < -0.4 is 15.8 Å². The molecule has 1 atom stereocenters. The molecule has 0 amide bonds. The van der Waals surface area contributed by atoms with Crippen LogP contribution in [0.3, 0.4) is 0 Å². The lowest BCUT2D eigenvalue weighted by Crippen LogP contribution is -2.59. The summed E-state index contributed by atoms with van der Waals surface area (Å²) in [6, 6.07) is -0.172. The summed E-state index contributed by atoms with van der Waals surface area (Å²) in [5.74, 6) is 0. The van der Waals surface area contributed by atoms with E-state index in [0.717, 1.165) is 0 Å². The maximum Gasteiger partial charge on any atom is 0.279 e. The number of methoxy groups -OCH3 is 1. The quantitative estimate of drug-likeness (QED) is 0.462. The van der Waals surface area contributed by atoms with Crippen molar-refractivity contribution in [3.63, 3.8) is 0 Å². The van der Waals surface area contributed by atoms with E-state index in [1.807, 2.05) is 0 Å². The maximum absolute atomic E-state index is 11.9. The normalized spacial score (nSPS) is 23.5. The second-order valence-corrected chi connectivity index (χ2v) is 5.30. The SMILES string of the molecule is COCCNS(=O)(=O)N1CCNCC1CN. The van der Waals surface area contributed by atoms with Crippen LogP contribution in [0.2, 0.25) is 0 Å². The number of hydrogen-bond donors (Lipinski definition) is 3. The molecule has 1 aliphatic rings. The van der Waals surface area contributed by atoms with Crippen LogP contribution in [0.1, 0.15) is 0 Å². The molecule has 0 aromatic rings. The third kappa shape index (κ3) is 3.65. The predicted octanol–water partition coefficient (Wildman–Crippen LogP) is -2.30. The molecule has 1 fully saturated rings. The van der Waals surface area contributed by atoms with Crippen molar-refractivity contribution >= 4 is 10.2 Å². The fraction of sp³-hybridized carbons (Fsp3) is 1.00. The smallest absolute Gasteiger partial charge is 0.279 e. The fourth-order valence-electron chi connectivity index (χ4n) is 1.62. The lowest BCUT2D eigenvalue weighted by atomic mass is 10.2. The zero-order valence-corrected chi connectivity index (χ0v) is 10.3. The first-order valence-corrected chi connectivity index (χ1v) is 6.72. The average Bonchev–Trinajstić information content (AvgIpc) is 2.29. The minimum atomic E-state index is -3.43. The van der Waals surface area contributed by atoms with Gasteiger partial charge in [0, 0.05) is 39.8 Å². The van der Waals surface area contributed by atoms with Crippen LogP contribution in [0, 0.1) is 0 Å². The molecule has 0 radical (unpaired) electrons. The molecular formula is C8H20N4O3S. The van der Waals surface area contributed by atoms with Gasteiger partial charge >= 0.3 is 0 Å². The molecule has 8 heteroatoms. The molecule has 0 aromatic carbocycles. The van der Waals surface area contributed by atoms with Gasteiger partial charge in [-0.1, -0.05) is 0 Å².